The molecule has 0 bridgehead atoms. The molecule has 0 spiro atoms. The first-order valence-corrected chi connectivity index (χ1v) is 13.9. The van der Waals surface area contributed by atoms with Crippen molar-refractivity contribution in [2.45, 2.75) is 39.0 Å². The molecule has 0 radical (unpaired) electrons. The van der Waals surface area contributed by atoms with Crippen molar-refractivity contribution < 1.29 is 17.3 Å². The molecule has 1 aromatic heterocycles. The molecule has 9 heteroatoms. The molecular weight excluding hydrogens is 412 g/mol. The van der Waals surface area contributed by atoms with Crippen LogP contribution in [0.1, 0.15) is 5.56 Å². The molecule has 0 amide bonds. The van der Waals surface area contributed by atoms with E-state index < -0.39 is 18.2 Å². The predicted octanol–water partition coefficient (Wildman–Crippen LogP) is 3.59. The monoisotopic (exact) mass is 434 g/mol. The van der Waals surface area contributed by atoms with Gasteiger partial charge in [0.1, 0.15) is 6.73 Å². The van der Waals surface area contributed by atoms with Gasteiger partial charge in [-0.05, 0) is 23.7 Å². The first-order valence-electron chi connectivity index (χ1n) is 7.61. The van der Waals surface area contributed by atoms with Crippen LogP contribution in [-0.2, 0) is 32.4 Å². The maximum atomic E-state index is 11.2. The summed E-state index contributed by atoms with van der Waals surface area (Å²) in [7, 11) is -4.61. The van der Waals surface area contributed by atoms with Crippen molar-refractivity contribution in [3.05, 3.63) is 28.4 Å². The third-order valence-corrected chi connectivity index (χ3v) is 6.16. The van der Waals surface area contributed by atoms with Crippen LogP contribution >= 0.6 is 15.9 Å². The molecule has 0 N–H and O–H groups in total. The number of rotatable bonds is 8. The summed E-state index contributed by atoms with van der Waals surface area (Å²) in [6, 6.07) is 4.88. The van der Waals surface area contributed by atoms with Crippen LogP contribution in [0, 0.1) is 0 Å². The van der Waals surface area contributed by atoms with Crippen molar-refractivity contribution in [3.63, 3.8) is 0 Å². The van der Waals surface area contributed by atoms with E-state index >= 15 is 0 Å². The number of ether oxygens (including phenoxy) is 1. The van der Waals surface area contributed by atoms with Gasteiger partial charge in [0.05, 0.1) is 24.6 Å². The molecule has 134 valence electrons. The van der Waals surface area contributed by atoms with Crippen LogP contribution < -0.4 is 0 Å². The zero-order valence-electron chi connectivity index (χ0n) is 14.4. The number of fused-ring (bicyclic) bond motifs is 1. The summed E-state index contributed by atoms with van der Waals surface area (Å²) in [4.78, 5) is 0. The summed E-state index contributed by atoms with van der Waals surface area (Å²) in [6.07, 6.45) is 2.75. The maximum absolute atomic E-state index is 11.2. The van der Waals surface area contributed by atoms with Gasteiger partial charge in [-0.1, -0.05) is 35.6 Å². The zero-order valence-corrected chi connectivity index (χ0v) is 17.8. The van der Waals surface area contributed by atoms with Crippen molar-refractivity contribution in [3.8, 4) is 0 Å². The van der Waals surface area contributed by atoms with Crippen molar-refractivity contribution in [2.24, 2.45) is 0 Å². The van der Waals surface area contributed by atoms with Gasteiger partial charge in [0.25, 0.3) is 10.1 Å². The van der Waals surface area contributed by atoms with E-state index in [-0.39, 0.29) is 6.61 Å². The number of halogens is 1. The lowest BCUT2D eigenvalue weighted by molar-refractivity contribution is 0.0817. The fourth-order valence-electron chi connectivity index (χ4n) is 2.13. The lowest BCUT2D eigenvalue weighted by Gasteiger charge is -2.15. The molecule has 0 aliphatic carbocycles. The van der Waals surface area contributed by atoms with Crippen LogP contribution in [0.5, 0.6) is 0 Å². The summed E-state index contributed by atoms with van der Waals surface area (Å²) in [5, 5.41) is 5.21. The van der Waals surface area contributed by atoms with Crippen LogP contribution in [0.25, 0.3) is 10.9 Å². The summed E-state index contributed by atoms with van der Waals surface area (Å²) < 4.78 is 35.7. The second-order valence-electron chi connectivity index (χ2n) is 6.96. The third-order valence-electron chi connectivity index (χ3n) is 3.45. The van der Waals surface area contributed by atoms with Gasteiger partial charge in [-0.25, -0.2) is 4.68 Å². The van der Waals surface area contributed by atoms with Gasteiger partial charge in [0.15, 0.2) is 0 Å². The molecule has 0 atom stereocenters. The summed E-state index contributed by atoms with van der Waals surface area (Å²) in [5.41, 5.74) is 1.64. The van der Waals surface area contributed by atoms with Crippen LogP contribution in [0.4, 0.5) is 0 Å². The van der Waals surface area contributed by atoms with E-state index in [1.807, 2.05) is 12.1 Å². The van der Waals surface area contributed by atoms with Gasteiger partial charge in [-0.2, -0.15) is 13.5 Å². The van der Waals surface area contributed by atoms with Crippen LogP contribution in [0.15, 0.2) is 22.8 Å². The third kappa shape index (κ3) is 5.96. The molecule has 0 saturated heterocycles. The highest BCUT2D eigenvalue weighted by atomic mass is 79.9. The summed E-state index contributed by atoms with van der Waals surface area (Å²) in [6.45, 7) is 8.00. The van der Waals surface area contributed by atoms with Crippen LogP contribution in [0.3, 0.4) is 0 Å². The molecule has 2 aromatic rings. The highest BCUT2D eigenvalue weighted by Gasteiger charge is 2.14. The highest BCUT2D eigenvalue weighted by molar-refractivity contribution is 9.10. The number of hydrogen-bond donors (Lipinski definition) is 0. The lowest BCUT2D eigenvalue weighted by Crippen LogP contribution is -2.22. The molecule has 1 aromatic carbocycles. The molecule has 0 fully saturated rings. The van der Waals surface area contributed by atoms with Gasteiger partial charge >= 0.3 is 0 Å². The van der Waals surface area contributed by atoms with E-state index in [0.717, 1.165) is 39.8 Å². The summed E-state index contributed by atoms with van der Waals surface area (Å²) >= 11 is 3.45. The van der Waals surface area contributed by atoms with Crippen molar-refractivity contribution in [1.29, 1.82) is 0 Å². The minimum Gasteiger partial charge on any atom is -0.360 e. The van der Waals surface area contributed by atoms with Gasteiger partial charge < -0.3 is 4.74 Å². The molecule has 0 unspecified atom stereocenters. The molecule has 2 rings (SSSR count). The number of benzene rings is 1. The average Bonchev–Trinajstić information content (AvgIpc) is 2.82. The molecule has 1 heterocycles. The Morgan fingerprint density at radius 2 is 2.00 bits per heavy atom. The molecule has 24 heavy (non-hydrogen) atoms. The second kappa shape index (κ2) is 7.65. The normalized spacial score (nSPS) is 12.9. The van der Waals surface area contributed by atoms with Crippen molar-refractivity contribution >= 4 is 45.0 Å². The van der Waals surface area contributed by atoms with E-state index in [1.54, 1.807) is 10.9 Å². The first kappa shape index (κ1) is 19.6. The fraction of sp³-hybridized carbons (Fsp3) is 0.533. The quantitative estimate of drug-likeness (QED) is 0.360. The van der Waals surface area contributed by atoms with E-state index in [2.05, 4.69) is 40.7 Å². The predicted molar refractivity (Wildman–Crippen MR) is 101 cm³/mol. The standard InChI is InChI=1S/C15H23BrN2O4SSi/c1-23(19,20)22-10-12-7-13(16)8-15-14(12)9-17-18(15)11-21-5-6-24(2,3)4/h7-9H,5-6,10-11H2,1-4H3. The number of hydrogen-bond acceptors (Lipinski definition) is 5. The van der Waals surface area contributed by atoms with E-state index in [9.17, 15) is 8.42 Å². The Balaban J connectivity index is 2.14. The smallest absolute Gasteiger partial charge is 0.264 e. The highest BCUT2D eigenvalue weighted by Crippen LogP contribution is 2.25. The second-order valence-corrected chi connectivity index (χ2v) is 15.1. The Morgan fingerprint density at radius 1 is 1.29 bits per heavy atom. The Labute approximate surface area is 152 Å². The van der Waals surface area contributed by atoms with Crippen LogP contribution in [-0.4, -0.2) is 39.1 Å². The van der Waals surface area contributed by atoms with E-state index in [4.69, 9.17) is 8.92 Å². The number of nitrogens with zero attached hydrogens (tertiary/aromatic N) is 2. The first-order chi connectivity index (χ1) is 11.1. The topological polar surface area (TPSA) is 70.4 Å². The molecule has 0 saturated carbocycles. The number of aromatic nitrogens is 2. The fourth-order valence-corrected chi connectivity index (χ4v) is 3.72. The maximum Gasteiger partial charge on any atom is 0.264 e. The molecule has 0 aliphatic heterocycles. The lowest BCUT2D eigenvalue weighted by atomic mass is 10.1. The van der Waals surface area contributed by atoms with Gasteiger partial charge in [0, 0.05) is 24.5 Å². The Bertz CT molecular complexity index is 815. The van der Waals surface area contributed by atoms with Crippen molar-refractivity contribution in [2.75, 3.05) is 12.9 Å². The summed E-state index contributed by atoms with van der Waals surface area (Å²) in [5.74, 6) is 0. The average molecular weight is 435 g/mol. The van der Waals surface area contributed by atoms with Gasteiger partial charge in [-0.3, -0.25) is 4.18 Å². The minimum atomic E-state index is -3.49. The van der Waals surface area contributed by atoms with E-state index in [1.165, 1.54) is 0 Å². The SMILES string of the molecule is C[Si](C)(C)CCOCn1ncc2c(COS(C)(=O)=O)cc(Br)cc21. The van der Waals surface area contributed by atoms with Gasteiger partial charge in [0.2, 0.25) is 0 Å². The van der Waals surface area contributed by atoms with Crippen LogP contribution in [0.2, 0.25) is 25.7 Å². The molecule has 6 nitrogen and oxygen atoms in total. The van der Waals surface area contributed by atoms with E-state index in [0.29, 0.717) is 6.73 Å². The molecular formula is C15H23BrN2O4SSi. The van der Waals surface area contributed by atoms with Crippen molar-refractivity contribution in [1.82, 2.24) is 9.78 Å². The zero-order chi connectivity index (χ0) is 18.0. The van der Waals surface area contributed by atoms with Gasteiger partial charge in [-0.15, -0.1) is 0 Å². The molecule has 0 aliphatic rings. The largest absolute Gasteiger partial charge is 0.360 e. The Hall–Kier alpha value is -0.743. The Morgan fingerprint density at radius 3 is 2.62 bits per heavy atom. The Kier molecular flexibility index (Phi) is 6.24. The minimum absolute atomic E-state index is 0.0169.